The molecule has 24 heteroatoms. The van der Waals surface area contributed by atoms with E-state index >= 15 is 0 Å². The first-order valence-corrected chi connectivity index (χ1v) is 30.3. The first kappa shape index (κ1) is 69.7. The Hall–Kier alpha value is -4.41. The zero-order valence-corrected chi connectivity index (χ0v) is 52.9. The maximum Gasteiger partial charge on any atom is 0.341 e. The summed E-state index contributed by atoms with van der Waals surface area (Å²) in [4.78, 5) is 63.4. The van der Waals surface area contributed by atoms with Crippen molar-refractivity contribution in [1.29, 1.82) is 0 Å². The van der Waals surface area contributed by atoms with Gasteiger partial charge in [0.1, 0.15) is 35.6 Å². The second kappa shape index (κ2) is 30.2. The van der Waals surface area contributed by atoms with Crippen molar-refractivity contribution in [2.75, 3.05) is 92.9 Å². The number of aliphatic hydroxyl groups excluding tert-OH is 2. The SMILES string of the molecule is CC[C@H]1OC(=O)[C@H](C)[C@@H](O[C@H]2C[C@@](C)(OC)[C@@H](OC(=O)CCNCCCc3ccc4c(c3)c(=O)c(C(=O)O)cn4N(C)C)[C@H](C)O2)[C@H](C)[C@@H](O[C@@H]2O[C@H](C)C[C@H](N(C)C)[C@H]2O)[C@](C)(O)C[C@@H](C)C(=NOCCN2CCOCC2)C(C)[C@@H](O)[C@]1(C)O. The normalized spacial score (nSPS) is 36.2. The molecule has 0 bridgehead atoms. The van der Waals surface area contributed by atoms with E-state index in [9.17, 15) is 44.7 Å². The van der Waals surface area contributed by atoms with E-state index in [0.29, 0.717) is 68.7 Å². The summed E-state index contributed by atoms with van der Waals surface area (Å²) >= 11 is 0. The average molecular weight is 1210 g/mol. The molecule has 0 amide bonds. The average Bonchev–Trinajstić information content (AvgIpc) is 2.34. The van der Waals surface area contributed by atoms with Crippen molar-refractivity contribution in [2.45, 2.75) is 198 Å². The largest absolute Gasteiger partial charge is 0.477 e. The van der Waals surface area contributed by atoms with Crippen molar-refractivity contribution in [2.24, 2.45) is 28.8 Å². The summed E-state index contributed by atoms with van der Waals surface area (Å²) in [6.07, 6.45) is -7.56. The van der Waals surface area contributed by atoms with E-state index in [1.54, 1.807) is 84.4 Å². The number of methoxy groups -OCH3 is 1. The lowest BCUT2D eigenvalue weighted by molar-refractivity contribution is -0.318. The lowest BCUT2D eigenvalue weighted by atomic mass is 9.73. The molecule has 0 saturated carbocycles. The van der Waals surface area contributed by atoms with Gasteiger partial charge in [-0.25, -0.2) is 4.79 Å². The molecule has 5 heterocycles. The smallest absolute Gasteiger partial charge is 0.341 e. The number of aliphatic hydroxyl groups is 4. The van der Waals surface area contributed by atoms with Gasteiger partial charge in [-0.15, -0.1) is 0 Å². The first-order valence-electron chi connectivity index (χ1n) is 30.3. The summed E-state index contributed by atoms with van der Waals surface area (Å²) in [5.74, 6) is -6.14. The number of aromatic nitrogens is 1. The summed E-state index contributed by atoms with van der Waals surface area (Å²) in [7, 11) is 8.73. The van der Waals surface area contributed by atoms with Gasteiger partial charge in [0.25, 0.3) is 0 Å². The fraction of sp³-hybridized carbons (Fsp3) is 0.787. The van der Waals surface area contributed by atoms with Gasteiger partial charge < -0.3 is 83.5 Å². The highest BCUT2D eigenvalue weighted by molar-refractivity contribution is 5.93. The van der Waals surface area contributed by atoms with Gasteiger partial charge >= 0.3 is 17.9 Å². The van der Waals surface area contributed by atoms with Crippen LogP contribution in [0.4, 0.5) is 0 Å². The number of aromatic carboxylic acids is 1. The molecule has 18 atom stereocenters. The summed E-state index contributed by atoms with van der Waals surface area (Å²) in [5, 5.41) is 69.0. The number of cyclic esters (lactones) is 1. The number of nitrogens with one attached hydrogen (secondary N) is 1. The molecule has 1 unspecified atom stereocenters. The number of hydrogen-bond acceptors (Lipinski definition) is 22. The monoisotopic (exact) mass is 1200 g/mol. The summed E-state index contributed by atoms with van der Waals surface area (Å²) in [6, 6.07) is 5.07. The van der Waals surface area contributed by atoms with E-state index in [0.717, 1.165) is 18.7 Å². The number of oxime groups is 1. The molecule has 0 spiro atoms. The van der Waals surface area contributed by atoms with Crippen molar-refractivity contribution in [3.63, 3.8) is 0 Å². The molecule has 0 radical (unpaired) electrons. The Balaban J connectivity index is 1.21. The predicted octanol–water partition coefficient (Wildman–Crippen LogP) is 3.30. The van der Waals surface area contributed by atoms with Gasteiger partial charge in [0.05, 0.1) is 72.9 Å². The van der Waals surface area contributed by atoms with Gasteiger partial charge in [-0.2, -0.15) is 0 Å². The van der Waals surface area contributed by atoms with E-state index in [-0.39, 0.29) is 50.0 Å². The lowest BCUT2D eigenvalue weighted by Crippen LogP contribution is -2.61. The summed E-state index contributed by atoms with van der Waals surface area (Å²) in [5.41, 5.74) is -4.08. The van der Waals surface area contributed by atoms with Crippen LogP contribution >= 0.6 is 0 Å². The van der Waals surface area contributed by atoms with E-state index < -0.39 is 119 Å². The Morgan fingerprint density at radius 2 is 1.61 bits per heavy atom. The molecule has 6 rings (SSSR count). The van der Waals surface area contributed by atoms with Gasteiger partial charge in [-0.05, 0) is 112 Å². The van der Waals surface area contributed by atoms with Crippen molar-refractivity contribution in [3.8, 4) is 0 Å². The fourth-order valence-corrected chi connectivity index (χ4v) is 12.8. The Labute approximate surface area is 501 Å². The molecule has 24 nitrogen and oxygen atoms in total. The maximum absolute atomic E-state index is 14.8. The summed E-state index contributed by atoms with van der Waals surface area (Å²) in [6.45, 7) is 21.4. The highest BCUT2D eigenvalue weighted by Crippen LogP contribution is 2.42. The van der Waals surface area contributed by atoms with E-state index in [1.807, 2.05) is 38.9 Å². The van der Waals surface area contributed by atoms with Crippen LogP contribution in [-0.2, 0) is 58.7 Å². The van der Waals surface area contributed by atoms with Gasteiger partial charge in [-0.3, -0.25) is 24.0 Å². The number of rotatable bonds is 21. The van der Waals surface area contributed by atoms with Crippen LogP contribution in [-0.4, -0.2) is 236 Å². The van der Waals surface area contributed by atoms with Crippen LogP contribution in [0.2, 0.25) is 0 Å². The number of likely N-dealkylation sites (N-methyl/N-ethyl adjacent to an activating group) is 1. The number of morpholine rings is 1. The highest BCUT2D eigenvalue weighted by Gasteiger charge is 2.54. The molecule has 85 heavy (non-hydrogen) atoms. The zero-order chi connectivity index (χ0) is 62.9. The molecular formula is C61H100N6O18. The minimum absolute atomic E-state index is 0.0115. The number of nitrogens with zero attached hydrogens (tertiary/aromatic N) is 5. The third-order valence-electron chi connectivity index (χ3n) is 17.9. The van der Waals surface area contributed by atoms with Crippen LogP contribution in [0.3, 0.4) is 0 Å². The van der Waals surface area contributed by atoms with Gasteiger partial charge in [0.15, 0.2) is 18.7 Å². The zero-order valence-electron chi connectivity index (χ0n) is 52.9. The van der Waals surface area contributed by atoms with E-state index in [2.05, 4.69) is 15.4 Å². The number of ether oxygens (including phenoxy) is 8. The van der Waals surface area contributed by atoms with Crippen LogP contribution < -0.4 is 15.8 Å². The fourth-order valence-electron chi connectivity index (χ4n) is 12.8. The molecule has 4 saturated heterocycles. The number of aryl methyl sites for hydroxylation is 1. The van der Waals surface area contributed by atoms with Gasteiger partial charge in [-0.1, -0.05) is 38.9 Å². The van der Waals surface area contributed by atoms with Crippen LogP contribution in [0.5, 0.6) is 0 Å². The number of hydrogen-bond donors (Lipinski definition) is 6. The Morgan fingerprint density at radius 1 is 0.918 bits per heavy atom. The molecule has 2 aromatic rings. The molecular weight excluding hydrogens is 1100 g/mol. The summed E-state index contributed by atoms with van der Waals surface area (Å²) < 4.78 is 52.3. The molecule has 1 aromatic heterocycles. The molecule has 1 aromatic carbocycles. The number of carbonyl (C=O) groups excluding carboxylic acids is 2. The van der Waals surface area contributed by atoms with Crippen molar-refractivity contribution >= 4 is 34.5 Å². The molecule has 482 valence electrons. The lowest BCUT2D eigenvalue weighted by Gasteiger charge is -2.49. The molecule has 4 aliphatic heterocycles. The van der Waals surface area contributed by atoms with Crippen LogP contribution in [0.1, 0.15) is 124 Å². The van der Waals surface area contributed by atoms with Crippen LogP contribution in [0.25, 0.3) is 10.9 Å². The number of carboxylic acids is 1. The van der Waals surface area contributed by atoms with Crippen LogP contribution in [0, 0.1) is 23.7 Å². The van der Waals surface area contributed by atoms with Gasteiger partial charge in [0, 0.05) is 89.2 Å². The molecule has 4 fully saturated rings. The van der Waals surface area contributed by atoms with Crippen molar-refractivity contribution in [1.82, 2.24) is 19.8 Å². The third-order valence-corrected chi connectivity index (χ3v) is 17.9. The quantitative estimate of drug-likeness (QED) is 0.0594. The molecule has 0 aliphatic carbocycles. The number of fused-ring (bicyclic) bond motifs is 1. The number of benzene rings is 1. The Kier molecular flexibility index (Phi) is 24.8. The number of carbonyl (C=O) groups is 3. The Morgan fingerprint density at radius 3 is 2.25 bits per heavy atom. The standard InChI is InChI=1S/C61H100N6O18/c1-16-46-61(10,76)53(71)37(4)49(63-79-29-26-66-24-27-78-28-25-66)35(2)32-59(8,75)54(85-58-51(70)45(64(11)12)30-36(3)80-58)38(5)52(39(6)57(74)82-46)84-48-33-60(9,77-15)55(40(7)81-48)83-47(68)21-23-62-22-17-18-41-19-20-44-42(31-41)50(69)43(56(72)73)34-67(44)65(13)14/h19-20,31,34-40,45-46,48,51-55,58,62,70-71,75-76H,16-18,21-30,32-33H2,1-15H3,(H,72,73)/t35-,36-,37?,38+,39-,40+,45+,46-,48+,51-,52+,53-,54-,55+,58+,59-,60-,61-/m1/s1. The number of esters is 2. The van der Waals surface area contributed by atoms with E-state index in [4.69, 9.17) is 42.7 Å². The predicted molar refractivity (Wildman–Crippen MR) is 317 cm³/mol. The van der Waals surface area contributed by atoms with Crippen molar-refractivity contribution in [3.05, 3.63) is 45.7 Å². The Bertz CT molecular complexity index is 2610. The number of pyridine rings is 1. The molecule has 4 aliphatic rings. The second-order valence-corrected chi connectivity index (χ2v) is 25.2. The van der Waals surface area contributed by atoms with Crippen molar-refractivity contribution < 1.29 is 82.6 Å². The highest BCUT2D eigenvalue weighted by atomic mass is 16.7. The maximum atomic E-state index is 14.8. The van der Waals surface area contributed by atoms with Gasteiger partial charge in [0.2, 0.25) is 5.43 Å². The first-order chi connectivity index (χ1) is 40.0. The minimum atomic E-state index is -2.01. The van der Waals surface area contributed by atoms with Crippen LogP contribution in [0.15, 0.2) is 34.3 Å². The third kappa shape index (κ3) is 17.1. The molecule has 6 N–H and O–H groups in total. The number of carboxylic acid groups (broad SMARTS) is 1. The van der Waals surface area contributed by atoms with E-state index in [1.165, 1.54) is 20.2 Å². The topological polar surface area (TPSA) is 292 Å². The second-order valence-electron chi connectivity index (χ2n) is 25.2. The minimum Gasteiger partial charge on any atom is -0.477 e.